The Morgan fingerprint density at radius 1 is 1.03 bits per heavy atom. The summed E-state index contributed by atoms with van der Waals surface area (Å²) in [7, 11) is 1.63. The number of unbranched alkanes of at least 4 members (excludes halogenated alkanes) is 2. The van der Waals surface area contributed by atoms with Gasteiger partial charge in [0.2, 0.25) is 0 Å². The molecule has 0 fully saturated rings. The van der Waals surface area contributed by atoms with E-state index in [0.717, 1.165) is 47.2 Å². The highest BCUT2D eigenvalue weighted by Crippen LogP contribution is 2.31. The van der Waals surface area contributed by atoms with Crippen LogP contribution in [0.5, 0.6) is 5.75 Å². The van der Waals surface area contributed by atoms with Gasteiger partial charge >= 0.3 is 0 Å². The minimum Gasteiger partial charge on any atom is -0.497 e. The van der Waals surface area contributed by atoms with Gasteiger partial charge in [-0.25, -0.2) is 4.98 Å². The predicted octanol–water partition coefficient (Wildman–Crippen LogP) is 5.22. The van der Waals surface area contributed by atoms with Crippen LogP contribution in [0.3, 0.4) is 0 Å². The van der Waals surface area contributed by atoms with Crippen LogP contribution in [0, 0.1) is 0 Å². The topological polar surface area (TPSA) is 79.9 Å². The number of aromatic nitrogens is 3. The Morgan fingerprint density at radius 2 is 1.81 bits per heavy atom. The van der Waals surface area contributed by atoms with Gasteiger partial charge in [-0.2, -0.15) is 5.10 Å². The third-order valence-corrected chi connectivity index (χ3v) is 5.28. The van der Waals surface area contributed by atoms with Crippen molar-refractivity contribution >= 4 is 16.9 Å². The van der Waals surface area contributed by atoms with Crippen molar-refractivity contribution in [3.63, 3.8) is 0 Å². The van der Waals surface area contributed by atoms with Crippen molar-refractivity contribution < 1.29 is 9.53 Å². The second kappa shape index (κ2) is 9.43. The molecule has 0 aliphatic rings. The van der Waals surface area contributed by atoms with Gasteiger partial charge in [-0.05, 0) is 36.8 Å². The number of pyridine rings is 1. The summed E-state index contributed by atoms with van der Waals surface area (Å²) in [6.07, 6.45) is 3.15. The SMILES string of the molecule is CCCCCNC(=O)c1cc(-c2ccc(OC)cc2)nc2n[nH]c(-c3ccccc3)c12. The van der Waals surface area contributed by atoms with Crippen LogP contribution >= 0.6 is 0 Å². The fraction of sp³-hybridized carbons (Fsp3) is 0.240. The number of carbonyl (C=O) groups is 1. The smallest absolute Gasteiger partial charge is 0.252 e. The second-order valence-electron chi connectivity index (χ2n) is 7.41. The summed E-state index contributed by atoms with van der Waals surface area (Å²) in [5.41, 5.74) is 4.44. The van der Waals surface area contributed by atoms with Gasteiger partial charge in [0, 0.05) is 17.7 Å². The van der Waals surface area contributed by atoms with E-state index in [9.17, 15) is 4.79 Å². The maximum Gasteiger partial charge on any atom is 0.252 e. The van der Waals surface area contributed by atoms with Crippen molar-refractivity contribution in [1.29, 1.82) is 0 Å². The fourth-order valence-corrected chi connectivity index (χ4v) is 3.60. The Kier molecular flexibility index (Phi) is 6.26. The number of carbonyl (C=O) groups excluding carboxylic acids is 1. The Labute approximate surface area is 181 Å². The molecular formula is C25H26N4O2. The van der Waals surface area contributed by atoms with Gasteiger partial charge in [-0.15, -0.1) is 0 Å². The van der Waals surface area contributed by atoms with Crippen molar-refractivity contribution in [2.75, 3.05) is 13.7 Å². The first-order valence-corrected chi connectivity index (χ1v) is 10.6. The van der Waals surface area contributed by atoms with Crippen LogP contribution in [-0.4, -0.2) is 34.7 Å². The molecule has 0 saturated heterocycles. The first kappa shape index (κ1) is 20.6. The number of nitrogens with zero attached hydrogens (tertiary/aromatic N) is 2. The minimum atomic E-state index is -0.114. The van der Waals surface area contributed by atoms with Gasteiger partial charge in [0.05, 0.1) is 29.4 Å². The molecule has 0 radical (unpaired) electrons. The lowest BCUT2D eigenvalue weighted by Crippen LogP contribution is -2.24. The Bertz CT molecular complexity index is 1170. The van der Waals surface area contributed by atoms with Crippen LogP contribution in [0.25, 0.3) is 33.5 Å². The van der Waals surface area contributed by atoms with E-state index in [1.165, 1.54) is 0 Å². The average Bonchev–Trinajstić information content (AvgIpc) is 3.26. The Morgan fingerprint density at radius 3 is 2.52 bits per heavy atom. The Hall–Kier alpha value is -3.67. The molecule has 4 aromatic rings. The van der Waals surface area contributed by atoms with E-state index in [4.69, 9.17) is 9.72 Å². The molecule has 0 unspecified atom stereocenters. The molecule has 2 N–H and O–H groups in total. The van der Waals surface area contributed by atoms with Gasteiger partial charge in [0.15, 0.2) is 5.65 Å². The van der Waals surface area contributed by atoms with Crippen LogP contribution in [0.1, 0.15) is 36.5 Å². The number of hydrogen-bond acceptors (Lipinski definition) is 4. The molecule has 31 heavy (non-hydrogen) atoms. The minimum absolute atomic E-state index is 0.114. The van der Waals surface area contributed by atoms with E-state index in [2.05, 4.69) is 22.4 Å². The van der Waals surface area contributed by atoms with Gasteiger partial charge in [-0.1, -0.05) is 50.1 Å². The van der Waals surface area contributed by atoms with Crippen molar-refractivity contribution in [3.05, 3.63) is 66.2 Å². The highest BCUT2D eigenvalue weighted by molar-refractivity contribution is 6.10. The number of hydrogen-bond donors (Lipinski definition) is 2. The summed E-state index contributed by atoms with van der Waals surface area (Å²) in [5.74, 6) is 0.654. The first-order valence-electron chi connectivity index (χ1n) is 10.6. The second-order valence-corrected chi connectivity index (χ2v) is 7.41. The molecule has 6 nitrogen and oxygen atoms in total. The maximum atomic E-state index is 13.2. The van der Waals surface area contributed by atoms with Gasteiger partial charge in [0.25, 0.3) is 5.91 Å². The third kappa shape index (κ3) is 4.43. The number of aromatic amines is 1. The van der Waals surface area contributed by atoms with Gasteiger partial charge < -0.3 is 10.1 Å². The van der Waals surface area contributed by atoms with Gasteiger partial charge in [0.1, 0.15) is 5.75 Å². The monoisotopic (exact) mass is 414 g/mol. The standard InChI is InChI=1S/C25H26N4O2/c1-3-4-8-15-26-25(30)20-16-21(17-11-13-19(31-2)14-12-17)27-24-22(20)23(28-29-24)18-9-6-5-7-10-18/h5-7,9-14,16H,3-4,8,15H2,1-2H3,(H,26,30)(H,27,28,29). The summed E-state index contributed by atoms with van der Waals surface area (Å²) in [5, 5.41) is 11.3. The highest BCUT2D eigenvalue weighted by Gasteiger charge is 2.20. The normalized spacial score (nSPS) is 10.9. The first-order chi connectivity index (χ1) is 15.2. The molecule has 1 amide bonds. The molecule has 0 spiro atoms. The van der Waals surface area contributed by atoms with Crippen molar-refractivity contribution in [2.24, 2.45) is 0 Å². The fourth-order valence-electron chi connectivity index (χ4n) is 3.60. The number of H-pyrrole nitrogens is 1. The number of rotatable bonds is 8. The Balaban J connectivity index is 1.80. The summed E-state index contributed by atoms with van der Waals surface area (Å²) in [6, 6.07) is 19.3. The average molecular weight is 415 g/mol. The molecule has 0 saturated carbocycles. The molecule has 0 atom stereocenters. The highest BCUT2D eigenvalue weighted by atomic mass is 16.5. The molecule has 2 heterocycles. The number of methoxy groups -OCH3 is 1. The van der Waals surface area contributed by atoms with Crippen LogP contribution in [0.15, 0.2) is 60.7 Å². The molecule has 0 bridgehead atoms. The number of amides is 1. The molecule has 2 aromatic heterocycles. The number of nitrogens with one attached hydrogen (secondary N) is 2. The third-order valence-electron chi connectivity index (χ3n) is 5.28. The molecule has 2 aromatic carbocycles. The number of fused-ring (bicyclic) bond motifs is 1. The van der Waals surface area contributed by atoms with E-state index in [1.54, 1.807) is 7.11 Å². The lowest BCUT2D eigenvalue weighted by atomic mass is 10.0. The molecule has 6 heteroatoms. The summed E-state index contributed by atoms with van der Waals surface area (Å²) >= 11 is 0. The zero-order valence-electron chi connectivity index (χ0n) is 17.8. The van der Waals surface area contributed by atoms with E-state index >= 15 is 0 Å². The van der Waals surface area contributed by atoms with E-state index in [-0.39, 0.29) is 5.91 Å². The molecule has 158 valence electrons. The van der Waals surface area contributed by atoms with Crippen LogP contribution in [0.4, 0.5) is 0 Å². The summed E-state index contributed by atoms with van der Waals surface area (Å²) in [4.78, 5) is 17.9. The zero-order chi connectivity index (χ0) is 21.6. The van der Waals surface area contributed by atoms with E-state index in [1.807, 2.05) is 60.7 Å². The number of ether oxygens (including phenoxy) is 1. The van der Waals surface area contributed by atoms with Crippen molar-refractivity contribution in [1.82, 2.24) is 20.5 Å². The zero-order valence-corrected chi connectivity index (χ0v) is 17.8. The molecule has 0 aliphatic heterocycles. The van der Waals surface area contributed by atoms with Gasteiger partial charge in [-0.3, -0.25) is 9.89 Å². The van der Waals surface area contributed by atoms with Crippen LogP contribution in [-0.2, 0) is 0 Å². The van der Waals surface area contributed by atoms with E-state index in [0.29, 0.717) is 23.4 Å². The lowest BCUT2D eigenvalue weighted by molar-refractivity contribution is 0.0954. The van der Waals surface area contributed by atoms with Crippen molar-refractivity contribution in [3.8, 4) is 28.3 Å². The van der Waals surface area contributed by atoms with Crippen LogP contribution < -0.4 is 10.1 Å². The lowest BCUT2D eigenvalue weighted by Gasteiger charge is -2.10. The maximum absolute atomic E-state index is 13.2. The van der Waals surface area contributed by atoms with E-state index < -0.39 is 0 Å². The quantitative estimate of drug-likeness (QED) is 0.387. The predicted molar refractivity (Wildman–Crippen MR) is 123 cm³/mol. The summed E-state index contributed by atoms with van der Waals surface area (Å²) in [6.45, 7) is 2.79. The molecular weight excluding hydrogens is 388 g/mol. The largest absolute Gasteiger partial charge is 0.497 e. The summed E-state index contributed by atoms with van der Waals surface area (Å²) < 4.78 is 5.25. The number of benzene rings is 2. The van der Waals surface area contributed by atoms with Crippen LogP contribution in [0.2, 0.25) is 0 Å². The molecule has 0 aliphatic carbocycles. The molecule has 4 rings (SSSR count). The van der Waals surface area contributed by atoms with Crippen molar-refractivity contribution in [2.45, 2.75) is 26.2 Å².